The smallest absolute Gasteiger partial charge is 0.0630 e. The van der Waals surface area contributed by atoms with Crippen molar-refractivity contribution in [1.82, 2.24) is 15.1 Å². The van der Waals surface area contributed by atoms with Crippen molar-refractivity contribution in [3.63, 3.8) is 0 Å². The van der Waals surface area contributed by atoms with Gasteiger partial charge in [0.2, 0.25) is 0 Å². The van der Waals surface area contributed by atoms with Gasteiger partial charge in [-0.25, -0.2) is 0 Å². The van der Waals surface area contributed by atoms with Gasteiger partial charge in [0, 0.05) is 32.4 Å². The lowest BCUT2D eigenvalue weighted by Gasteiger charge is -2.30. The number of aromatic nitrogens is 2. The highest BCUT2D eigenvalue weighted by atomic mass is 16.5. The molecule has 1 heterocycles. The van der Waals surface area contributed by atoms with Crippen LogP contribution >= 0.6 is 0 Å². The normalized spacial score (nSPS) is 30.9. The molecule has 1 N–H and O–H groups in total. The predicted molar refractivity (Wildman–Crippen MR) is 84.3 cm³/mol. The summed E-state index contributed by atoms with van der Waals surface area (Å²) in [6.07, 6.45) is 7.49. The van der Waals surface area contributed by atoms with Gasteiger partial charge in [0.1, 0.15) is 0 Å². The first-order valence-electron chi connectivity index (χ1n) is 8.35. The van der Waals surface area contributed by atoms with E-state index in [1.807, 2.05) is 0 Å². The topological polar surface area (TPSA) is 39.1 Å². The van der Waals surface area contributed by atoms with E-state index in [0.29, 0.717) is 11.5 Å². The largest absolute Gasteiger partial charge is 0.383 e. The third kappa shape index (κ3) is 3.49. The van der Waals surface area contributed by atoms with Crippen LogP contribution in [0.3, 0.4) is 0 Å². The molecule has 4 heteroatoms. The summed E-state index contributed by atoms with van der Waals surface area (Å²) in [6.45, 7) is 7.23. The van der Waals surface area contributed by atoms with E-state index in [1.165, 1.54) is 25.0 Å². The molecule has 2 aliphatic carbocycles. The van der Waals surface area contributed by atoms with Crippen molar-refractivity contribution in [3.8, 4) is 0 Å². The first-order valence-corrected chi connectivity index (χ1v) is 8.35. The number of hydrogen-bond donors (Lipinski definition) is 1. The summed E-state index contributed by atoms with van der Waals surface area (Å²) in [5.74, 6) is 2.00. The highest BCUT2D eigenvalue weighted by Gasteiger charge is 2.53. The summed E-state index contributed by atoms with van der Waals surface area (Å²) in [5, 5.41) is 8.37. The Morgan fingerprint density at radius 1 is 1.43 bits per heavy atom. The van der Waals surface area contributed by atoms with Gasteiger partial charge in [-0.05, 0) is 62.8 Å². The molecule has 0 saturated heterocycles. The van der Waals surface area contributed by atoms with E-state index in [0.717, 1.165) is 38.0 Å². The number of nitrogens with zero attached hydrogens (tertiary/aromatic N) is 2. The monoisotopic (exact) mass is 291 g/mol. The fraction of sp³-hybridized carbons (Fsp3) is 0.824. The van der Waals surface area contributed by atoms with Crippen molar-refractivity contribution in [2.45, 2.75) is 45.6 Å². The van der Waals surface area contributed by atoms with Gasteiger partial charge in [-0.1, -0.05) is 0 Å². The maximum absolute atomic E-state index is 5.14. The van der Waals surface area contributed by atoms with Gasteiger partial charge in [0.15, 0.2) is 0 Å². The van der Waals surface area contributed by atoms with Gasteiger partial charge < -0.3 is 10.1 Å². The summed E-state index contributed by atoms with van der Waals surface area (Å²) in [7, 11) is 1.76. The molecule has 2 unspecified atom stereocenters. The molecule has 21 heavy (non-hydrogen) atoms. The third-order valence-electron chi connectivity index (χ3n) is 5.19. The van der Waals surface area contributed by atoms with E-state index < -0.39 is 0 Å². The lowest BCUT2D eigenvalue weighted by Crippen LogP contribution is -2.36. The van der Waals surface area contributed by atoms with E-state index in [9.17, 15) is 0 Å². The minimum absolute atomic E-state index is 0.428. The number of hydrogen-bond acceptors (Lipinski definition) is 3. The summed E-state index contributed by atoms with van der Waals surface area (Å²) in [4.78, 5) is 0. The molecule has 0 aliphatic heterocycles. The van der Waals surface area contributed by atoms with Crippen LogP contribution in [0.2, 0.25) is 0 Å². The van der Waals surface area contributed by atoms with E-state index in [1.54, 1.807) is 7.11 Å². The zero-order chi connectivity index (χ0) is 14.9. The fourth-order valence-electron chi connectivity index (χ4n) is 4.03. The summed E-state index contributed by atoms with van der Waals surface area (Å²) >= 11 is 0. The van der Waals surface area contributed by atoms with Gasteiger partial charge in [-0.15, -0.1) is 0 Å². The Morgan fingerprint density at radius 2 is 2.19 bits per heavy atom. The van der Waals surface area contributed by atoms with Crippen LogP contribution < -0.4 is 5.32 Å². The number of fused-ring (bicyclic) bond motifs is 1. The van der Waals surface area contributed by atoms with Crippen LogP contribution in [0.1, 0.15) is 44.8 Å². The van der Waals surface area contributed by atoms with Crippen molar-refractivity contribution in [2.24, 2.45) is 17.3 Å². The standard InChI is InChI=1S/C17H29N3O/c1-13(2)20-6-4-16(19-20)11-17(12-18-5-7-21-3)9-14-8-15(14)10-17/h4,6,13-15,18H,5,7-12H2,1-3H3. The van der Waals surface area contributed by atoms with Crippen LogP contribution in [-0.2, 0) is 11.2 Å². The molecule has 118 valence electrons. The van der Waals surface area contributed by atoms with E-state index in [-0.39, 0.29) is 0 Å². The summed E-state index contributed by atoms with van der Waals surface area (Å²) in [5.41, 5.74) is 1.69. The van der Waals surface area contributed by atoms with Crippen molar-refractivity contribution in [2.75, 3.05) is 26.8 Å². The minimum atomic E-state index is 0.428. The number of rotatable bonds is 8. The van der Waals surface area contributed by atoms with Crippen molar-refractivity contribution in [3.05, 3.63) is 18.0 Å². The Morgan fingerprint density at radius 3 is 2.81 bits per heavy atom. The second kappa shape index (κ2) is 6.09. The van der Waals surface area contributed by atoms with Crippen LogP contribution in [0, 0.1) is 17.3 Å². The molecule has 0 aromatic carbocycles. The number of methoxy groups -OCH3 is 1. The Bertz CT molecular complexity index is 458. The lowest BCUT2D eigenvalue weighted by molar-refractivity contribution is 0.185. The quantitative estimate of drug-likeness (QED) is 0.748. The second-order valence-corrected chi connectivity index (χ2v) is 7.39. The summed E-state index contributed by atoms with van der Waals surface area (Å²) in [6, 6.07) is 2.66. The number of ether oxygens (including phenoxy) is 1. The molecule has 0 spiro atoms. The van der Waals surface area contributed by atoms with Crippen molar-refractivity contribution >= 4 is 0 Å². The average molecular weight is 291 g/mol. The Hall–Kier alpha value is -0.870. The molecule has 2 saturated carbocycles. The van der Waals surface area contributed by atoms with E-state index in [4.69, 9.17) is 9.84 Å². The molecule has 1 aromatic rings. The van der Waals surface area contributed by atoms with Crippen LogP contribution in [0.25, 0.3) is 0 Å². The summed E-state index contributed by atoms with van der Waals surface area (Å²) < 4.78 is 7.22. The van der Waals surface area contributed by atoms with Crippen LogP contribution in [0.4, 0.5) is 0 Å². The molecule has 0 amide bonds. The van der Waals surface area contributed by atoms with Gasteiger partial charge >= 0.3 is 0 Å². The van der Waals surface area contributed by atoms with Crippen LogP contribution in [-0.4, -0.2) is 36.6 Å². The molecule has 0 radical (unpaired) electrons. The first kappa shape index (κ1) is 15.0. The molecule has 3 rings (SSSR count). The van der Waals surface area contributed by atoms with Crippen LogP contribution in [0.5, 0.6) is 0 Å². The third-order valence-corrected chi connectivity index (χ3v) is 5.19. The molecular weight excluding hydrogens is 262 g/mol. The van der Waals surface area contributed by atoms with Gasteiger partial charge in [0.05, 0.1) is 12.3 Å². The Labute approximate surface area is 128 Å². The van der Waals surface area contributed by atoms with Crippen LogP contribution in [0.15, 0.2) is 12.3 Å². The van der Waals surface area contributed by atoms with Crippen molar-refractivity contribution < 1.29 is 4.74 Å². The Balaban J connectivity index is 1.61. The minimum Gasteiger partial charge on any atom is -0.383 e. The predicted octanol–water partition coefficient (Wildman–Crippen LogP) is 2.66. The number of nitrogens with one attached hydrogen (secondary N) is 1. The SMILES string of the molecule is COCCNCC1(Cc2ccn(C(C)C)n2)CC2CC2C1. The maximum Gasteiger partial charge on any atom is 0.0630 e. The molecule has 0 bridgehead atoms. The Kier molecular flexibility index (Phi) is 4.36. The highest BCUT2D eigenvalue weighted by Crippen LogP contribution is 2.60. The zero-order valence-corrected chi connectivity index (χ0v) is 13.6. The van der Waals surface area contributed by atoms with Crippen molar-refractivity contribution in [1.29, 1.82) is 0 Å². The second-order valence-electron chi connectivity index (χ2n) is 7.39. The first-order chi connectivity index (χ1) is 10.1. The van der Waals surface area contributed by atoms with Gasteiger partial charge in [-0.2, -0.15) is 5.10 Å². The fourth-order valence-corrected chi connectivity index (χ4v) is 4.03. The molecule has 2 fully saturated rings. The highest BCUT2D eigenvalue weighted by molar-refractivity contribution is 5.11. The molecular formula is C17H29N3O. The maximum atomic E-state index is 5.14. The van der Waals surface area contributed by atoms with E-state index in [2.05, 4.69) is 36.1 Å². The van der Waals surface area contributed by atoms with Gasteiger partial charge in [-0.3, -0.25) is 4.68 Å². The molecule has 2 atom stereocenters. The lowest BCUT2D eigenvalue weighted by atomic mass is 9.78. The zero-order valence-electron chi connectivity index (χ0n) is 13.6. The molecule has 2 aliphatic rings. The molecule has 1 aromatic heterocycles. The van der Waals surface area contributed by atoms with Gasteiger partial charge in [0.25, 0.3) is 0 Å². The molecule has 4 nitrogen and oxygen atoms in total. The van der Waals surface area contributed by atoms with E-state index >= 15 is 0 Å². The average Bonchev–Trinajstić information content (AvgIpc) is 2.89.